The van der Waals surface area contributed by atoms with Crippen LogP contribution in [0.2, 0.25) is 10.0 Å². The molecule has 1 heterocycles. The molecule has 5 heteroatoms. The van der Waals surface area contributed by atoms with Crippen LogP contribution in [-0.2, 0) is 12.3 Å². The number of aromatic nitrogens is 2. The maximum absolute atomic E-state index is 6.23. The predicted octanol–water partition coefficient (Wildman–Crippen LogP) is 6.59. The summed E-state index contributed by atoms with van der Waals surface area (Å²) in [5.41, 5.74) is 3.58. The fraction of sp³-hybridized carbons (Fsp3) is 0.150. The zero-order valence-corrected chi connectivity index (χ0v) is 16.2. The molecule has 0 radical (unpaired) electrons. The first-order chi connectivity index (χ1) is 12.1. The molecule has 0 aliphatic carbocycles. The van der Waals surface area contributed by atoms with Gasteiger partial charge in [-0.25, -0.2) is 4.98 Å². The topological polar surface area (TPSA) is 17.8 Å². The Morgan fingerprint density at radius 2 is 1.96 bits per heavy atom. The largest absolute Gasteiger partial charge is 0.334 e. The molecule has 0 saturated heterocycles. The lowest BCUT2D eigenvalue weighted by Crippen LogP contribution is -1.91. The highest BCUT2D eigenvalue weighted by atomic mass is 35.5. The Kier molecular flexibility index (Phi) is 6.24. The van der Waals surface area contributed by atoms with Crippen LogP contribution in [0.1, 0.15) is 18.1 Å². The lowest BCUT2D eigenvalue weighted by molar-refractivity contribution is 0.821. The summed E-state index contributed by atoms with van der Waals surface area (Å²) in [4.78, 5) is 5.27. The predicted molar refractivity (Wildman–Crippen MR) is 108 cm³/mol. The summed E-state index contributed by atoms with van der Waals surface area (Å²) >= 11 is 13.9. The normalized spacial score (nSPS) is 11.7. The van der Waals surface area contributed by atoms with Crippen LogP contribution >= 0.6 is 35.0 Å². The number of rotatable bonds is 6. The third-order valence-electron chi connectivity index (χ3n) is 3.89. The molecule has 0 fully saturated rings. The number of thioether (sulfide) groups is 1. The van der Waals surface area contributed by atoms with E-state index in [1.165, 1.54) is 16.0 Å². The summed E-state index contributed by atoms with van der Waals surface area (Å²) in [6.07, 6.45) is 7.79. The van der Waals surface area contributed by atoms with Crippen molar-refractivity contribution in [3.8, 4) is 0 Å². The standard InChI is InChI=1S/C20H18Cl2N2S/c1-15(8-10-24-11-9-23-14-24)16-3-6-19(7-4-16)25-13-17-2-5-18(21)12-20(17)22/h2-9,11-12,14H,10,13H2,1H3. The van der Waals surface area contributed by atoms with Gasteiger partial charge < -0.3 is 4.57 Å². The molecule has 0 N–H and O–H groups in total. The van der Waals surface area contributed by atoms with E-state index in [-0.39, 0.29) is 0 Å². The highest BCUT2D eigenvalue weighted by molar-refractivity contribution is 7.98. The third kappa shape index (κ3) is 5.15. The Balaban J connectivity index is 1.60. The van der Waals surface area contributed by atoms with Crippen molar-refractivity contribution < 1.29 is 0 Å². The fourth-order valence-corrected chi connectivity index (χ4v) is 3.83. The Labute approximate surface area is 162 Å². The van der Waals surface area contributed by atoms with Crippen molar-refractivity contribution >= 4 is 40.5 Å². The summed E-state index contributed by atoms with van der Waals surface area (Å²) in [5, 5.41) is 1.39. The molecule has 0 spiro atoms. The first kappa shape index (κ1) is 18.1. The summed E-state index contributed by atoms with van der Waals surface area (Å²) in [6.45, 7) is 2.96. The van der Waals surface area contributed by atoms with E-state index in [0.717, 1.165) is 22.9 Å². The van der Waals surface area contributed by atoms with E-state index in [4.69, 9.17) is 23.2 Å². The zero-order chi connectivity index (χ0) is 17.6. The van der Waals surface area contributed by atoms with Crippen molar-refractivity contribution in [2.75, 3.05) is 0 Å². The first-order valence-corrected chi connectivity index (χ1v) is 9.65. The summed E-state index contributed by atoms with van der Waals surface area (Å²) in [5.74, 6) is 0.824. The zero-order valence-electron chi connectivity index (χ0n) is 13.8. The van der Waals surface area contributed by atoms with E-state index < -0.39 is 0 Å². The van der Waals surface area contributed by atoms with Gasteiger partial charge in [-0.2, -0.15) is 0 Å². The molecule has 3 rings (SSSR count). The second kappa shape index (κ2) is 8.61. The van der Waals surface area contributed by atoms with Gasteiger partial charge in [-0.1, -0.05) is 47.5 Å². The van der Waals surface area contributed by atoms with E-state index in [9.17, 15) is 0 Å². The average Bonchev–Trinajstić information content (AvgIpc) is 3.13. The lowest BCUT2D eigenvalue weighted by Gasteiger charge is -2.07. The van der Waals surface area contributed by atoms with Crippen LogP contribution in [0.15, 0.2) is 72.2 Å². The minimum atomic E-state index is 0.668. The fourth-order valence-electron chi connectivity index (χ4n) is 2.37. The van der Waals surface area contributed by atoms with Crippen molar-refractivity contribution in [1.82, 2.24) is 9.55 Å². The molecule has 0 aliphatic rings. The molecule has 25 heavy (non-hydrogen) atoms. The SMILES string of the molecule is CC(=CCn1ccnc1)c1ccc(SCc2ccc(Cl)cc2Cl)cc1. The Morgan fingerprint density at radius 1 is 1.16 bits per heavy atom. The van der Waals surface area contributed by atoms with E-state index in [2.05, 4.69) is 42.2 Å². The minimum Gasteiger partial charge on any atom is -0.334 e. The van der Waals surface area contributed by atoms with Gasteiger partial charge in [0.25, 0.3) is 0 Å². The second-order valence-corrected chi connectivity index (χ2v) is 7.59. The van der Waals surface area contributed by atoms with Crippen LogP contribution in [0.4, 0.5) is 0 Å². The Bertz CT molecular complexity index is 856. The number of imidazole rings is 1. The van der Waals surface area contributed by atoms with Crippen LogP contribution in [0.5, 0.6) is 0 Å². The van der Waals surface area contributed by atoms with Crippen LogP contribution in [0, 0.1) is 0 Å². The minimum absolute atomic E-state index is 0.668. The van der Waals surface area contributed by atoms with Crippen molar-refractivity contribution in [2.24, 2.45) is 0 Å². The number of nitrogens with zero attached hydrogens (tertiary/aromatic N) is 2. The molecule has 3 aromatic rings. The molecule has 2 aromatic carbocycles. The molecular weight excluding hydrogens is 371 g/mol. The van der Waals surface area contributed by atoms with Gasteiger partial charge in [0.2, 0.25) is 0 Å². The van der Waals surface area contributed by atoms with E-state index in [0.29, 0.717) is 5.02 Å². The van der Waals surface area contributed by atoms with E-state index in [1.807, 2.05) is 29.2 Å². The van der Waals surface area contributed by atoms with E-state index >= 15 is 0 Å². The second-order valence-electron chi connectivity index (χ2n) is 5.70. The number of halogens is 2. The maximum Gasteiger partial charge on any atom is 0.0948 e. The smallest absolute Gasteiger partial charge is 0.0948 e. The number of benzene rings is 2. The van der Waals surface area contributed by atoms with Gasteiger partial charge in [0.1, 0.15) is 0 Å². The molecule has 0 saturated carbocycles. The highest BCUT2D eigenvalue weighted by Gasteiger charge is 2.03. The number of hydrogen-bond acceptors (Lipinski definition) is 2. The molecule has 2 nitrogen and oxygen atoms in total. The molecule has 128 valence electrons. The van der Waals surface area contributed by atoms with Gasteiger partial charge >= 0.3 is 0 Å². The van der Waals surface area contributed by atoms with Gasteiger partial charge in [0.15, 0.2) is 0 Å². The van der Waals surface area contributed by atoms with Crippen molar-refractivity contribution in [1.29, 1.82) is 0 Å². The third-order valence-corrected chi connectivity index (χ3v) is 5.53. The van der Waals surface area contributed by atoms with Gasteiger partial charge in [0.05, 0.1) is 6.33 Å². The monoisotopic (exact) mass is 388 g/mol. The van der Waals surface area contributed by atoms with Crippen molar-refractivity contribution in [3.05, 3.63) is 88.4 Å². The molecule has 0 aliphatic heterocycles. The van der Waals surface area contributed by atoms with Crippen LogP contribution in [-0.4, -0.2) is 9.55 Å². The Morgan fingerprint density at radius 3 is 2.64 bits per heavy atom. The Hall–Kier alpha value is -1.68. The molecular formula is C20H18Cl2N2S. The maximum atomic E-state index is 6.23. The lowest BCUT2D eigenvalue weighted by atomic mass is 10.1. The summed E-state index contributed by atoms with van der Waals surface area (Å²) in [7, 11) is 0. The van der Waals surface area contributed by atoms with Gasteiger partial charge in [0, 0.05) is 39.6 Å². The number of hydrogen-bond donors (Lipinski definition) is 0. The first-order valence-electron chi connectivity index (χ1n) is 7.91. The van der Waals surface area contributed by atoms with Crippen molar-refractivity contribution in [3.63, 3.8) is 0 Å². The van der Waals surface area contributed by atoms with Gasteiger partial charge in [-0.15, -0.1) is 11.8 Å². The van der Waals surface area contributed by atoms with Crippen LogP contribution in [0.3, 0.4) is 0 Å². The molecule has 0 atom stereocenters. The van der Waals surface area contributed by atoms with Crippen LogP contribution in [0.25, 0.3) is 5.57 Å². The summed E-state index contributed by atoms with van der Waals surface area (Å²) < 4.78 is 2.05. The van der Waals surface area contributed by atoms with Crippen molar-refractivity contribution in [2.45, 2.75) is 24.1 Å². The molecule has 0 amide bonds. The van der Waals surface area contributed by atoms with E-state index in [1.54, 1.807) is 24.0 Å². The summed E-state index contributed by atoms with van der Waals surface area (Å²) in [6, 6.07) is 14.3. The average molecular weight is 389 g/mol. The molecule has 0 unspecified atom stereocenters. The number of allylic oxidation sites excluding steroid dienone is 2. The molecule has 1 aromatic heterocycles. The van der Waals surface area contributed by atoms with Gasteiger partial charge in [-0.3, -0.25) is 0 Å². The van der Waals surface area contributed by atoms with Crippen LogP contribution < -0.4 is 0 Å². The molecule has 0 bridgehead atoms. The quantitative estimate of drug-likeness (QED) is 0.443. The highest BCUT2D eigenvalue weighted by Crippen LogP contribution is 2.29. The van der Waals surface area contributed by atoms with Gasteiger partial charge in [-0.05, 0) is 47.9 Å².